The van der Waals surface area contributed by atoms with Gasteiger partial charge in [-0.3, -0.25) is 4.66 Å². The van der Waals surface area contributed by atoms with Gasteiger partial charge < -0.3 is 32.9 Å². The van der Waals surface area contributed by atoms with Crippen LogP contribution in [0.15, 0.2) is 0 Å². The van der Waals surface area contributed by atoms with Crippen LogP contribution in [0.5, 0.6) is 0 Å². The molecule has 0 aromatic heterocycles. The smallest absolute Gasteiger partial charge is 0.187 e. The first kappa shape index (κ1) is 293. The predicted octanol–water partition coefficient (Wildman–Crippen LogP) is -6.00. The molecule has 0 aliphatic rings. The standard InChI is InChI=1S/Al.ClHO.6H2O.3H/c;1-2;;;;;;;;;/h;2H;6*1H2;;;. The highest BCUT2D eigenvalue weighted by Crippen LogP contribution is 1.31. The van der Waals surface area contributed by atoms with E-state index >= 15 is 0 Å². The Labute approximate surface area is 67.4 Å². The van der Waals surface area contributed by atoms with E-state index in [0.717, 1.165) is 0 Å². The van der Waals surface area contributed by atoms with Crippen LogP contribution < -0.4 is 0 Å². The minimum Gasteiger partial charge on any atom is -0.412 e. The van der Waals surface area contributed by atoms with Crippen LogP contribution >= 0.6 is 11.9 Å². The molecule has 9 heavy (non-hydrogen) atoms. The van der Waals surface area contributed by atoms with E-state index in [1.54, 1.807) is 0 Å². The summed E-state index contributed by atoms with van der Waals surface area (Å²) < 4.78 is 6.47. The molecule has 0 unspecified atom stereocenters. The van der Waals surface area contributed by atoms with Gasteiger partial charge in [-0.05, 0) is 0 Å². The van der Waals surface area contributed by atoms with Crippen molar-refractivity contribution < 1.29 is 37.5 Å². The van der Waals surface area contributed by atoms with E-state index in [1.807, 2.05) is 0 Å². The summed E-state index contributed by atoms with van der Waals surface area (Å²) in [5.74, 6) is 0. The highest BCUT2D eigenvalue weighted by atomic mass is 35.5. The van der Waals surface area contributed by atoms with Crippen LogP contribution in [0.1, 0.15) is 0 Å². The lowest BCUT2D eigenvalue weighted by atomic mass is 15.9. The Morgan fingerprint density at radius 3 is 0.556 bits per heavy atom. The molecule has 0 rings (SSSR count). The molecule has 0 aliphatic heterocycles. The van der Waals surface area contributed by atoms with Crippen LogP contribution in [0.3, 0.4) is 0 Å². The van der Waals surface area contributed by atoms with E-state index in [-0.39, 0.29) is 50.2 Å². The summed E-state index contributed by atoms with van der Waals surface area (Å²) in [5.41, 5.74) is 0. The molecule has 0 radical (unpaired) electrons. The van der Waals surface area contributed by atoms with Crippen molar-refractivity contribution in [2.75, 3.05) is 0 Å². The molecule has 13 N–H and O–H groups in total. The summed E-state index contributed by atoms with van der Waals surface area (Å²) in [6.07, 6.45) is 0. The summed E-state index contributed by atoms with van der Waals surface area (Å²) in [7, 11) is 0. The van der Waals surface area contributed by atoms with E-state index < -0.39 is 0 Å². The van der Waals surface area contributed by atoms with Gasteiger partial charge in [0.15, 0.2) is 17.4 Å². The van der Waals surface area contributed by atoms with Gasteiger partial charge in [-0.25, -0.2) is 0 Å². The third kappa shape index (κ3) is 1240. The van der Waals surface area contributed by atoms with Crippen molar-refractivity contribution >= 4 is 29.2 Å². The zero-order chi connectivity index (χ0) is 2.00. The fourth-order valence-electron chi connectivity index (χ4n) is 0. The quantitative estimate of drug-likeness (QED) is 0.363. The van der Waals surface area contributed by atoms with Crippen molar-refractivity contribution in [1.82, 2.24) is 0 Å². The first-order valence-corrected chi connectivity index (χ1v) is 0.507. The molecule has 0 aromatic carbocycles. The third-order valence-electron chi connectivity index (χ3n) is 0. The minimum absolute atomic E-state index is 0. The van der Waals surface area contributed by atoms with Crippen LogP contribution in [-0.2, 0) is 0 Å². The molecule has 9 heteroatoms. The van der Waals surface area contributed by atoms with Gasteiger partial charge in [0.1, 0.15) is 0 Å². The fraction of sp³-hybridized carbons (Fsp3) is 0. The van der Waals surface area contributed by atoms with Gasteiger partial charge in [-0.15, -0.1) is 0 Å². The Kier molecular flexibility index (Phi) is 53700. The molecule has 0 bridgehead atoms. The van der Waals surface area contributed by atoms with E-state index in [0.29, 0.717) is 0 Å². The summed E-state index contributed by atoms with van der Waals surface area (Å²) in [6, 6.07) is 0. The number of rotatable bonds is 0. The molecule has 0 fully saturated rings. The minimum atomic E-state index is 0. The van der Waals surface area contributed by atoms with Gasteiger partial charge >= 0.3 is 0 Å². The highest BCUT2D eigenvalue weighted by molar-refractivity contribution is 6.04. The topological polar surface area (TPSA) is 209 Å². The van der Waals surface area contributed by atoms with Crippen molar-refractivity contribution in [3.05, 3.63) is 0 Å². The van der Waals surface area contributed by atoms with Crippen molar-refractivity contribution in [3.63, 3.8) is 0 Å². The van der Waals surface area contributed by atoms with E-state index in [2.05, 4.69) is 11.9 Å². The third-order valence-corrected chi connectivity index (χ3v) is 0. The average Bonchev–Trinajstić information content (AvgIpc) is 1.00. The molecule has 7 nitrogen and oxygen atoms in total. The lowest BCUT2D eigenvalue weighted by Gasteiger charge is -1.13. The zero-order valence-electron chi connectivity index (χ0n) is 3.83. The Bertz CT molecular complexity index is 8.88. The normalized spacial score (nSPS) is 0.667. The average molecular weight is 191 g/mol. The Morgan fingerprint density at radius 2 is 0.556 bits per heavy atom. The molecule has 0 atom stereocenters. The lowest BCUT2D eigenvalue weighted by Crippen LogP contribution is -0.913. The van der Waals surface area contributed by atoms with Crippen molar-refractivity contribution in [3.8, 4) is 0 Å². The Morgan fingerprint density at radius 1 is 0.556 bits per heavy atom. The molecule has 0 aromatic rings. The van der Waals surface area contributed by atoms with Gasteiger partial charge in [0, 0.05) is 0 Å². The monoisotopic (exact) mass is 190 g/mol. The van der Waals surface area contributed by atoms with Crippen LogP contribution in [0, 0.1) is 0 Å². The maximum atomic E-state index is 6.47. The highest BCUT2D eigenvalue weighted by Gasteiger charge is 0.897. The SMILES string of the molecule is O.O.O.O.O.O.OCl.[AlH3]. The molecule has 68 valence electrons. The van der Waals surface area contributed by atoms with Gasteiger partial charge in [0.2, 0.25) is 0 Å². The van der Waals surface area contributed by atoms with Gasteiger partial charge in [-0.1, -0.05) is 0 Å². The van der Waals surface area contributed by atoms with Crippen LogP contribution in [0.25, 0.3) is 0 Å². The molecule has 0 aliphatic carbocycles. The summed E-state index contributed by atoms with van der Waals surface area (Å²) in [4.78, 5) is 0. The first-order chi connectivity index (χ1) is 1.00. The van der Waals surface area contributed by atoms with Crippen LogP contribution in [-0.4, -0.2) is 54.9 Å². The molecule has 0 saturated carbocycles. The second kappa shape index (κ2) is 1650. The Hall–Kier alpha value is 0.542. The van der Waals surface area contributed by atoms with Crippen LogP contribution in [0.4, 0.5) is 0 Å². The summed E-state index contributed by atoms with van der Waals surface area (Å²) >= 11 is 3.64. The molecule has 0 spiro atoms. The predicted molar refractivity (Wildman–Crippen MR) is 39.7 cm³/mol. The number of halogens is 1. The second-order valence-electron chi connectivity index (χ2n) is 0. The lowest BCUT2D eigenvalue weighted by molar-refractivity contribution is 0.632. The van der Waals surface area contributed by atoms with Gasteiger partial charge in [0.25, 0.3) is 0 Å². The van der Waals surface area contributed by atoms with E-state index in [1.165, 1.54) is 0 Å². The fourth-order valence-corrected chi connectivity index (χ4v) is 0. The zero-order valence-corrected chi connectivity index (χ0v) is 4.58. The summed E-state index contributed by atoms with van der Waals surface area (Å²) in [5, 5.41) is 0. The largest absolute Gasteiger partial charge is 0.412 e. The van der Waals surface area contributed by atoms with Gasteiger partial charge in [-0.2, -0.15) is 0 Å². The number of hydrogen-bond acceptors (Lipinski definition) is 1. The number of hydrogen-bond donors (Lipinski definition) is 1. The van der Waals surface area contributed by atoms with Crippen molar-refractivity contribution in [2.24, 2.45) is 0 Å². The van der Waals surface area contributed by atoms with Crippen molar-refractivity contribution in [2.45, 2.75) is 0 Å². The maximum Gasteiger partial charge on any atom is 0.187 e. The first-order valence-electron chi connectivity index (χ1n) is 0.169. The molecule has 0 saturated heterocycles. The molecule has 0 heterocycles. The second-order valence-corrected chi connectivity index (χ2v) is 0. The van der Waals surface area contributed by atoms with Gasteiger partial charge in [0.05, 0.1) is 11.9 Å². The van der Waals surface area contributed by atoms with Crippen molar-refractivity contribution in [1.29, 1.82) is 0 Å². The Balaban J connectivity index is -0.000000000238. The molecule has 0 amide bonds. The maximum absolute atomic E-state index is 6.47. The van der Waals surface area contributed by atoms with Crippen LogP contribution in [0.2, 0.25) is 0 Å². The molecular weight excluding hydrogens is 174 g/mol. The molecular formula is H16AlClO7. The van der Waals surface area contributed by atoms with E-state index in [9.17, 15) is 0 Å². The summed E-state index contributed by atoms with van der Waals surface area (Å²) in [6.45, 7) is 0. The van der Waals surface area contributed by atoms with E-state index in [4.69, 9.17) is 4.66 Å².